The van der Waals surface area contributed by atoms with Crippen LogP contribution < -0.4 is 0 Å². The van der Waals surface area contributed by atoms with Crippen LogP contribution in [0.2, 0.25) is 0 Å². The van der Waals surface area contributed by atoms with Crippen molar-refractivity contribution in [3.8, 4) is 0 Å². The highest BCUT2D eigenvalue weighted by molar-refractivity contribution is 5.95. The van der Waals surface area contributed by atoms with Crippen LogP contribution in [0.4, 0.5) is 0 Å². The second-order valence-electron chi connectivity index (χ2n) is 2.14. The van der Waals surface area contributed by atoms with E-state index in [2.05, 4.69) is 0 Å². The quantitative estimate of drug-likeness (QED) is 0.479. The van der Waals surface area contributed by atoms with Crippen molar-refractivity contribution >= 4 is 11.8 Å². The van der Waals surface area contributed by atoms with Gasteiger partial charge in [-0.2, -0.15) is 0 Å². The zero-order valence-electron chi connectivity index (χ0n) is 6.95. The topological polar surface area (TPSA) is 63.6 Å². The molecule has 0 saturated carbocycles. The van der Waals surface area contributed by atoms with E-state index < -0.39 is 12.4 Å². The highest BCUT2D eigenvalue weighted by Crippen LogP contribution is 1.92. The number of hydrogen-bond acceptors (Lipinski definition) is 3. The number of rotatable bonds is 6. The van der Waals surface area contributed by atoms with Gasteiger partial charge >= 0.3 is 5.97 Å². The zero-order valence-corrected chi connectivity index (χ0v) is 6.95. The fraction of sp³-hybridized carbons (Fsp3) is 0.500. The van der Waals surface area contributed by atoms with E-state index in [4.69, 9.17) is 9.84 Å². The smallest absolute Gasteiger partial charge is 0.310 e. The van der Waals surface area contributed by atoms with Crippen LogP contribution in [0.15, 0.2) is 12.3 Å². The Morgan fingerprint density at radius 3 is 2.67 bits per heavy atom. The number of ketones is 1. The molecule has 0 rings (SSSR count). The van der Waals surface area contributed by atoms with Crippen molar-refractivity contribution in [3.63, 3.8) is 0 Å². The molecule has 0 bridgehead atoms. The van der Waals surface area contributed by atoms with Crippen molar-refractivity contribution in [2.24, 2.45) is 0 Å². The van der Waals surface area contributed by atoms with Crippen LogP contribution in [-0.4, -0.2) is 23.5 Å². The molecule has 0 radical (unpaired) electrons. The third-order valence-electron chi connectivity index (χ3n) is 1.05. The number of Topliss-reactive ketones (excluding diaryl/α,β-unsaturated/α-hetero) is 1. The molecule has 0 aromatic carbocycles. The molecule has 0 amide bonds. The summed E-state index contributed by atoms with van der Waals surface area (Å²) in [6.45, 7) is 2.37. The Hall–Kier alpha value is -1.32. The molecule has 4 heteroatoms. The summed E-state index contributed by atoms with van der Waals surface area (Å²) in [6.07, 6.45) is 2.61. The van der Waals surface area contributed by atoms with Crippen LogP contribution in [0.1, 0.15) is 19.8 Å². The van der Waals surface area contributed by atoms with Gasteiger partial charge < -0.3 is 9.84 Å². The summed E-state index contributed by atoms with van der Waals surface area (Å²) in [5, 5.41) is 8.21. The predicted octanol–water partition coefficient (Wildman–Crippen LogP) is 0.970. The maximum absolute atomic E-state index is 10.7. The van der Waals surface area contributed by atoms with Crippen molar-refractivity contribution < 1.29 is 19.4 Å². The van der Waals surface area contributed by atoms with E-state index in [-0.39, 0.29) is 12.2 Å². The Bertz CT molecular complexity index is 183. The number of aliphatic carboxylic acids is 1. The molecular weight excluding hydrogens is 160 g/mol. The number of carbonyl (C=O) groups is 2. The van der Waals surface area contributed by atoms with Crippen LogP contribution in [0.3, 0.4) is 0 Å². The molecule has 0 saturated heterocycles. The highest BCUT2D eigenvalue weighted by Gasteiger charge is 2.04. The molecule has 0 atom stereocenters. The van der Waals surface area contributed by atoms with Gasteiger partial charge in [0.25, 0.3) is 0 Å². The molecule has 68 valence electrons. The molecule has 1 N–H and O–H groups in total. The first-order chi connectivity index (χ1) is 5.66. The summed E-state index contributed by atoms with van der Waals surface area (Å²) >= 11 is 0. The van der Waals surface area contributed by atoms with Crippen molar-refractivity contribution in [1.29, 1.82) is 0 Å². The minimum atomic E-state index is -1.09. The molecule has 0 aliphatic heterocycles. The van der Waals surface area contributed by atoms with Crippen LogP contribution in [-0.2, 0) is 14.3 Å². The molecule has 0 spiro atoms. The lowest BCUT2D eigenvalue weighted by atomic mass is 10.2. The molecule has 0 aromatic heterocycles. The Kier molecular flexibility index (Phi) is 5.69. The minimum absolute atomic E-state index is 0.117. The van der Waals surface area contributed by atoms with Gasteiger partial charge in [-0.05, 0) is 13.0 Å². The fourth-order valence-electron chi connectivity index (χ4n) is 0.585. The van der Waals surface area contributed by atoms with Gasteiger partial charge in [0.15, 0.2) is 0 Å². The monoisotopic (exact) mass is 172 g/mol. The highest BCUT2D eigenvalue weighted by atomic mass is 16.5. The number of hydrogen-bond donors (Lipinski definition) is 1. The molecular formula is C8H12O4. The van der Waals surface area contributed by atoms with Gasteiger partial charge in [0.1, 0.15) is 12.2 Å². The van der Waals surface area contributed by atoms with Crippen molar-refractivity contribution in [1.82, 2.24) is 0 Å². The first-order valence-electron chi connectivity index (χ1n) is 3.67. The first kappa shape index (κ1) is 10.7. The van der Waals surface area contributed by atoms with Crippen molar-refractivity contribution in [2.45, 2.75) is 19.8 Å². The molecule has 0 unspecified atom stereocenters. The van der Waals surface area contributed by atoms with Gasteiger partial charge in [-0.25, -0.2) is 0 Å². The molecule has 12 heavy (non-hydrogen) atoms. The SMILES string of the molecule is CCOC=CCC(=O)CC(=O)O. The zero-order chi connectivity index (χ0) is 9.40. The average Bonchev–Trinajstić information content (AvgIpc) is 1.97. The average molecular weight is 172 g/mol. The summed E-state index contributed by atoms with van der Waals surface area (Å²) in [4.78, 5) is 20.8. The molecule has 0 fully saturated rings. The number of ether oxygens (including phenoxy) is 1. The molecule has 0 heterocycles. The summed E-state index contributed by atoms with van der Waals surface area (Å²) in [7, 11) is 0. The summed E-state index contributed by atoms with van der Waals surface area (Å²) < 4.78 is 4.81. The van der Waals surface area contributed by atoms with Gasteiger partial charge in [-0.15, -0.1) is 0 Å². The van der Waals surface area contributed by atoms with E-state index in [1.807, 2.05) is 6.92 Å². The van der Waals surface area contributed by atoms with Crippen LogP contribution in [0.25, 0.3) is 0 Å². The molecule has 0 aliphatic carbocycles. The standard InChI is InChI=1S/C8H12O4/c1-2-12-5-3-4-7(9)6-8(10)11/h3,5H,2,4,6H2,1H3,(H,10,11). The minimum Gasteiger partial charge on any atom is -0.502 e. The summed E-state index contributed by atoms with van der Waals surface area (Å²) in [5.74, 6) is -1.41. The van der Waals surface area contributed by atoms with Gasteiger partial charge in [-0.1, -0.05) is 0 Å². The number of carboxylic acid groups (broad SMARTS) is 1. The Labute approximate surface area is 70.8 Å². The lowest BCUT2D eigenvalue weighted by molar-refractivity contribution is -0.140. The number of carbonyl (C=O) groups excluding carboxylic acids is 1. The molecule has 0 aliphatic rings. The van der Waals surface area contributed by atoms with E-state index >= 15 is 0 Å². The number of carboxylic acids is 1. The first-order valence-corrected chi connectivity index (χ1v) is 3.67. The molecule has 0 aromatic rings. The predicted molar refractivity (Wildman–Crippen MR) is 42.6 cm³/mol. The summed E-state index contributed by atoms with van der Waals surface area (Å²) in [5.41, 5.74) is 0. The third-order valence-corrected chi connectivity index (χ3v) is 1.05. The van der Waals surface area contributed by atoms with Gasteiger partial charge in [-0.3, -0.25) is 9.59 Å². The van der Waals surface area contributed by atoms with E-state index in [0.29, 0.717) is 6.61 Å². The van der Waals surface area contributed by atoms with Crippen LogP contribution in [0, 0.1) is 0 Å². The van der Waals surface area contributed by atoms with E-state index in [1.165, 1.54) is 12.3 Å². The fourth-order valence-corrected chi connectivity index (χ4v) is 0.585. The van der Waals surface area contributed by atoms with E-state index in [0.717, 1.165) is 0 Å². The Morgan fingerprint density at radius 1 is 1.50 bits per heavy atom. The largest absolute Gasteiger partial charge is 0.502 e. The van der Waals surface area contributed by atoms with Crippen LogP contribution >= 0.6 is 0 Å². The normalized spacial score (nSPS) is 10.1. The van der Waals surface area contributed by atoms with E-state index in [9.17, 15) is 9.59 Å². The maximum Gasteiger partial charge on any atom is 0.310 e. The Morgan fingerprint density at radius 2 is 2.17 bits per heavy atom. The second kappa shape index (κ2) is 6.39. The van der Waals surface area contributed by atoms with Gasteiger partial charge in [0, 0.05) is 6.42 Å². The van der Waals surface area contributed by atoms with Crippen LogP contribution in [0.5, 0.6) is 0 Å². The van der Waals surface area contributed by atoms with Gasteiger partial charge in [0.05, 0.1) is 12.9 Å². The maximum atomic E-state index is 10.7. The van der Waals surface area contributed by atoms with E-state index in [1.54, 1.807) is 0 Å². The van der Waals surface area contributed by atoms with Crippen molar-refractivity contribution in [2.75, 3.05) is 6.61 Å². The van der Waals surface area contributed by atoms with Crippen molar-refractivity contribution in [3.05, 3.63) is 12.3 Å². The third kappa shape index (κ3) is 6.80. The lowest BCUT2D eigenvalue weighted by Gasteiger charge is -1.92. The Balaban J connectivity index is 3.50. The molecule has 4 nitrogen and oxygen atoms in total. The van der Waals surface area contributed by atoms with Gasteiger partial charge in [0.2, 0.25) is 0 Å². The summed E-state index contributed by atoms with van der Waals surface area (Å²) in [6, 6.07) is 0. The lowest BCUT2D eigenvalue weighted by Crippen LogP contribution is -2.04. The second-order valence-corrected chi connectivity index (χ2v) is 2.14. The number of allylic oxidation sites excluding steroid dienone is 1.